The normalized spacial score (nSPS) is 11.9. The van der Waals surface area contributed by atoms with Gasteiger partial charge in [0, 0.05) is 19.1 Å². The maximum Gasteiger partial charge on any atom is 0.227 e. The fourth-order valence-electron chi connectivity index (χ4n) is 3.50. The molecule has 0 aliphatic carbocycles. The predicted octanol–water partition coefficient (Wildman–Crippen LogP) is 3.26. The van der Waals surface area contributed by atoms with Gasteiger partial charge in [-0.05, 0) is 54.7 Å². The molecule has 1 unspecified atom stereocenters. The molecule has 6 nitrogen and oxygen atoms in total. The van der Waals surface area contributed by atoms with Gasteiger partial charge in [-0.15, -0.1) is 0 Å². The molecule has 0 fully saturated rings. The number of carbonyl (C=O) groups is 2. The van der Waals surface area contributed by atoms with E-state index >= 15 is 0 Å². The van der Waals surface area contributed by atoms with Crippen molar-refractivity contribution in [1.82, 2.24) is 10.2 Å². The fourth-order valence-corrected chi connectivity index (χ4v) is 3.50. The van der Waals surface area contributed by atoms with Crippen LogP contribution in [0, 0.1) is 5.92 Å². The van der Waals surface area contributed by atoms with E-state index < -0.39 is 0 Å². The van der Waals surface area contributed by atoms with Gasteiger partial charge in [-0.2, -0.15) is 0 Å². The molecule has 0 heterocycles. The van der Waals surface area contributed by atoms with Gasteiger partial charge < -0.3 is 20.4 Å². The summed E-state index contributed by atoms with van der Waals surface area (Å²) in [6.45, 7) is 7.05. The summed E-state index contributed by atoms with van der Waals surface area (Å²) in [5.74, 6) is 0.451. The number of hydrogen-bond acceptors (Lipinski definition) is 4. The number of benzene rings is 2. The van der Waals surface area contributed by atoms with E-state index in [2.05, 4.69) is 19.2 Å². The lowest BCUT2D eigenvalue weighted by Crippen LogP contribution is -2.47. The van der Waals surface area contributed by atoms with Gasteiger partial charge in [0.1, 0.15) is 11.5 Å². The second-order valence-electron chi connectivity index (χ2n) is 8.02. The van der Waals surface area contributed by atoms with Crippen LogP contribution in [0.3, 0.4) is 0 Å². The monoisotopic (exact) mass is 412 g/mol. The Hall–Kier alpha value is -3.02. The minimum Gasteiger partial charge on any atom is -0.508 e. The van der Waals surface area contributed by atoms with Crippen molar-refractivity contribution in [1.29, 1.82) is 0 Å². The van der Waals surface area contributed by atoms with E-state index in [1.54, 1.807) is 47.4 Å². The van der Waals surface area contributed by atoms with Crippen molar-refractivity contribution in [2.75, 3.05) is 13.1 Å². The largest absolute Gasteiger partial charge is 0.508 e. The van der Waals surface area contributed by atoms with Crippen LogP contribution in [-0.4, -0.2) is 46.1 Å². The minimum atomic E-state index is -0.164. The van der Waals surface area contributed by atoms with Crippen molar-refractivity contribution in [3.05, 3.63) is 59.7 Å². The van der Waals surface area contributed by atoms with E-state index in [4.69, 9.17) is 0 Å². The second-order valence-corrected chi connectivity index (χ2v) is 8.02. The summed E-state index contributed by atoms with van der Waals surface area (Å²) < 4.78 is 0. The molecule has 6 heteroatoms. The molecule has 3 N–H and O–H groups in total. The van der Waals surface area contributed by atoms with E-state index in [9.17, 15) is 19.8 Å². The maximum atomic E-state index is 12.8. The third-order valence-electron chi connectivity index (χ3n) is 4.84. The smallest absolute Gasteiger partial charge is 0.227 e. The number of phenols is 2. The Morgan fingerprint density at radius 2 is 1.53 bits per heavy atom. The highest BCUT2D eigenvalue weighted by molar-refractivity contribution is 5.80. The number of likely N-dealkylation sites (N-methyl/N-ethyl adjacent to an activating group) is 1. The lowest BCUT2D eigenvalue weighted by molar-refractivity contribution is -0.131. The maximum absolute atomic E-state index is 12.8. The van der Waals surface area contributed by atoms with Crippen LogP contribution in [0.15, 0.2) is 48.5 Å². The van der Waals surface area contributed by atoms with Gasteiger partial charge in [-0.1, -0.05) is 38.1 Å². The number of aromatic hydroxyl groups is 2. The third-order valence-corrected chi connectivity index (χ3v) is 4.84. The van der Waals surface area contributed by atoms with Crippen molar-refractivity contribution in [3.8, 4) is 11.5 Å². The summed E-state index contributed by atoms with van der Waals surface area (Å²) in [7, 11) is 0. The fraction of sp³-hybridized carbons (Fsp3) is 0.417. The minimum absolute atomic E-state index is 0.0425. The molecule has 2 amide bonds. The van der Waals surface area contributed by atoms with E-state index in [1.807, 2.05) is 13.0 Å². The average molecular weight is 413 g/mol. The number of amides is 2. The molecule has 2 rings (SSSR count). The second kappa shape index (κ2) is 11.2. The lowest BCUT2D eigenvalue weighted by Gasteiger charge is -2.28. The van der Waals surface area contributed by atoms with Crippen molar-refractivity contribution in [2.45, 2.75) is 46.1 Å². The standard InChI is InChI=1S/C24H32N2O4/c1-4-26(24(30)15-19-8-6-10-22(28)13-19)16-20(11-17(2)3)25-23(29)14-18-7-5-9-21(27)12-18/h5-10,12-13,17,20,27-28H,4,11,14-16H2,1-3H3,(H,25,29). The molecule has 2 aromatic rings. The highest BCUT2D eigenvalue weighted by atomic mass is 16.3. The molecule has 30 heavy (non-hydrogen) atoms. The molecular weight excluding hydrogens is 380 g/mol. The van der Waals surface area contributed by atoms with Crippen LogP contribution in [0.25, 0.3) is 0 Å². The molecule has 162 valence electrons. The molecule has 0 aromatic heterocycles. The summed E-state index contributed by atoms with van der Waals surface area (Å²) in [5, 5.41) is 22.3. The SMILES string of the molecule is CCN(CC(CC(C)C)NC(=O)Cc1cccc(O)c1)C(=O)Cc1cccc(O)c1. The third kappa shape index (κ3) is 7.78. The van der Waals surface area contributed by atoms with E-state index in [1.165, 1.54) is 0 Å². The van der Waals surface area contributed by atoms with Gasteiger partial charge in [-0.3, -0.25) is 9.59 Å². The Balaban J connectivity index is 2.01. The zero-order valence-electron chi connectivity index (χ0n) is 18.0. The van der Waals surface area contributed by atoms with Crippen molar-refractivity contribution in [2.24, 2.45) is 5.92 Å². The van der Waals surface area contributed by atoms with Crippen LogP contribution in [-0.2, 0) is 22.4 Å². The molecule has 0 bridgehead atoms. The molecule has 0 aliphatic heterocycles. The summed E-state index contributed by atoms with van der Waals surface area (Å²) in [6, 6.07) is 13.2. The van der Waals surface area contributed by atoms with Crippen LogP contribution in [0.5, 0.6) is 11.5 Å². The van der Waals surface area contributed by atoms with Gasteiger partial charge in [-0.25, -0.2) is 0 Å². The molecule has 0 saturated carbocycles. The first-order valence-corrected chi connectivity index (χ1v) is 10.4. The predicted molar refractivity (Wildman–Crippen MR) is 117 cm³/mol. The molecule has 2 aromatic carbocycles. The Kier molecular flexibility index (Phi) is 8.71. The topological polar surface area (TPSA) is 89.9 Å². The van der Waals surface area contributed by atoms with Crippen LogP contribution >= 0.6 is 0 Å². The number of hydrogen-bond donors (Lipinski definition) is 3. The van der Waals surface area contributed by atoms with E-state index in [0.717, 1.165) is 17.5 Å². The first kappa shape index (κ1) is 23.3. The van der Waals surface area contributed by atoms with Gasteiger partial charge in [0.25, 0.3) is 0 Å². The first-order valence-electron chi connectivity index (χ1n) is 10.4. The van der Waals surface area contributed by atoms with Crippen LogP contribution < -0.4 is 5.32 Å². The summed E-state index contributed by atoms with van der Waals surface area (Å²) in [4.78, 5) is 27.1. The van der Waals surface area contributed by atoms with Crippen molar-refractivity contribution in [3.63, 3.8) is 0 Å². The number of phenolic OH excluding ortho intramolecular Hbond substituents is 2. The van der Waals surface area contributed by atoms with Crippen molar-refractivity contribution >= 4 is 11.8 Å². The quantitative estimate of drug-likeness (QED) is 0.559. The Morgan fingerprint density at radius 3 is 2.03 bits per heavy atom. The van der Waals surface area contributed by atoms with E-state index in [0.29, 0.717) is 19.0 Å². The summed E-state index contributed by atoms with van der Waals surface area (Å²) in [5.41, 5.74) is 1.50. The highest BCUT2D eigenvalue weighted by Crippen LogP contribution is 2.14. The summed E-state index contributed by atoms with van der Waals surface area (Å²) in [6.07, 6.45) is 1.13. The molecule has 0 spiro atoms. The zero-order chi connectivity index (χ0) is 22.1. The molecule has 0 saturated heterocycles. The average Bonchev–Trinajstić information content (AvgIpc) is 2.65. The van der Waals surface area contributed by atoms with Gasteiger partial charge in [0.2, 0.25) is 11.8 Å². The van der Waals surface area contributed by atoms with Gasteiger partial charge in [0.05, 0.1) is 12.8 Å². The van der Waals surface area contributed by atoms with Crippen LogP contribution in [0.1, 0.15) is 38.3 Å². The first-order chi connectivity index (χ1) is 14.3. The Bertz CT molecular complexity index is 851. The van der Waals surface area contributed by atoms with Crippen molar-refractivity contribution < 1.29 is 19.8 Å². The molecule has 0 radical (unpaired) electrons. The number of rotatable bonds is 10. The van der Waals surface area contributed by atoms with E-state index in [-0.39, 0.29) is 42.2 Å². The van der Waals surface area contributed by atoms with Crippen LogP contribution in [0.2, 0.25) is 0 Å². The lowest BCUT2D eigenvalue weighted by atomic mass is 10.0. The number of carbonyl (C=O) groups excluding carboxylic acids is 2. The Morgan fingerprint density at radius 1 is 0.967 bits per heavy atom. The zero-order valence-corrected chi connectivity index (χ0v) is 18.0. The summed E-state index contributed by atoms with van der Waals surface area (Å²) >= 11 is 0. The van der Waals surface area contributed by atoms with Gasteiger partial charge >= 0.3 is 0 Å². The molecule has 0 aliphatic rings. The molecular formula is C24H32N2O4. The Labute approximate surface area is 178 Å². The van der Waals surface area contributed by atoms with Crippen LogP contribution in [0.4, 0.5) is 0 Å². The number of nitrogens with one attached hydrogen (secondary N) is 1. The number of nitrogens with zero attached hydrogens (tertiary/aromatic N) is 1. The highest BCUT2D eigenvalue weighted by Gasteiger charge is 2.21. The molecule has 1 atom stereocenters. The van der Waals surface area contributed by atoms with Gasteiger partial charge in [0.15, 0.2) is 0 Å².